The third kappa shape index (κ3) is 3.11. The highest BCUT2D eigenvalue weighted by Gasteiger charge is 2.26. The Morgan fingerprint density at radius 3 is 2.82 bits per heavy atom. The van der Waals surface area contributed by atoms with Crippen molar-refractivity contribution < 1.29 is 19.3 Å². The normalized spacial score (nSPS) is 24.4. The molecular weight excluding hydrogens is 220 g/mol. The van der Waals surface area contributed by atoms with Crippen LogP contribution in [0, 0.1) is 0 Å². The van der Waals surface area contributed by atoms with Crippen LogP contribution >= 0.6 is 0 Å². The van der Waals surface area contributed by atoms with Gasteiger partial charge in [0.2, 0.25) is 0 Å². The summed E-state index contributed by atoms with van der Waals surface area (Å²) < 4.78 is 16.5. The van der Waals surface area contributed by atoms with Crippen molar-refractivity contribution in [1.29, 1.82) is 0 Å². The minimum Gasteiger partial charge on any atom is -0.490 e. The Labute approximate surface area is 101 Å². The lowest BCUT2D eigenvalue weighted by molar-refractivity contribution is -0.0741. The third-order valence-electron chi connectivity index (χ3n) is 2.70. The molecule has 1 N–H and O–H groups in total. The van der Waals surface area contributed by atoms with E-state index in [0.717, 1.165) is 0 Å². The van der Waals surface area contributed by atoms with E-state index in [2.05, 4.69) is 0 Å². The van der Waals surface area contributed by atoms with Crippen LogP contribution in [0.25, 0.3) is 0 Å². The van der Waals surface area contributed by atoms with Crippen LogP contribution in [0.15, 0.2) is 24.3 Å². The lowest BCUT2D eigenvalue weighted by atomic mass is 10.1. The van der Waals surface area contributed by atoms with Gasteiger partial charge in [0, 0.05) is 13.0 Å². The van der Waals surface area contributed by atoms with Gasteiger partial charge in [-0.3, -0.25) is 0 Å². The Hall–Kier alpha value is -1.26. The first kappa shape index (κ1) is 12.2. The van der Waals surface area contributed by atoms with Gasteiger partial charge in [0.1, 0.15) is 6.10 Å². The summed E-state index contributed by atoms with van der Waals surface area (Å²) in [4.78, 5) is 0. The number of benzene rings is 1. The molecule has 1 fully saturated rings. The smallest absolute Gasteiger partial charge is 0.161 e. The molecule has 0 radical (unpaired) electrons. The summed E-state index contributed by atoms with van der Waals surface area (Å²) in [5.41, 5.74) is 0. The van der Waals surface area contributed by atoms with Crippen LogP contribution in [0.5, 0.6) is 11.5 Å². The van der Waals surface area contributed by atoms with Crippen LogP contribution in [0.2, 0.25) is 0 Å². The molecule has 1 aromatic carbocycles. The van der Waals surface area contributed by atoms with Gasteiger partial charge in [-0.2, -0.15) is 0 Å². The third-order valence-corrected chi connectivity index (χ3v) is 2.70. The molecule has 2 rings (SSSR count). The molecule has 0 aromatic heterocycles. The van der Waals surface area contributed by atoms with Gasteiger partial charge in [0.05, 0.1) is 19.3 Å². The summed E-state index contributed by atoms with van der Waals surface area (Å²) in [5.74, 6) is 1.36. The fourth-order valence-electron chi connectivity index (χ4n) is 1.80. The zero-order valence-corrected chi connectivity index (χ0v) is 9.96. The largest absolute Gasteiger partial charge is 0.490 e. The summed E-state index contributed by atoms with van der Waals surface area (Å²) in [6, 6.07) is 7.47. The van der Waals surface area contributed by atoms with Gasteiger partial charge in [-0.1, -0.05) is 12.1 Å². The monoisotopic (exact) mass is 238 g/mol. The van der Waals surface area contributed by atoms with E-state index in [1.54, 1.807) is 0 Å². The molecule has 1 heterocycles. The highest BCUT2D eigenvalue weighted by atomic mass is 16.6. The standard InChI is InChI=1S/C13H18O4/c1-2-16-11-5-3-4-6-12(11)17-13-9-15-8-7-10(13)14/h3-6,10,13-14H,2,7-9H2,1H3. The van der Waals surface area contributed by atoms with Crippen molar-refractivity contribution in [3.63, 3.8) is 0 Å². The molecule has 2 atom stereocenters. The van der Waals surface area contributed by atoms with Crippen LogP contribution in [0.3, 0.4) is 0 Å². The summed E-state index contributed by atoms with van der Waals surface area (Å²) in [6.07, 6.45) is -0.176. The number of hydrogen-bond donors (Lipinski definition) is 1. The Morgan fingerprint density at radius 1 is 1.35 bits per heavy atom. The minimum absolute atomic E-state index is 0.314. The number of hydrogen-bond acceptors (Lipinski definition) is 4. The molecule has 0 saturated carbocycles. The zero-order chi connectivity index (χ0) is 12.1. The molecule has 0 bridgehead atoms. The van der Waals surface area contributed by atoms with Crippen LogP contribution < -0.4 is 9.47 Å². The highest BCUT2D eigenvalue weighted by Crippen LogP contribution is 2.28. The number of ether oxygens (including phenoxy) is 3. The zero-order valence-electron chi connectivity index (χ0n) is 9.96. The number of aliphatic hydroxyl groups excluding tert-OH is 1. The molecule has 1 saturated heterocycles. The van der Waals surface area contributed by atoms with Crippen LogP contribution in [-0.2, 0) is 4.74 Å². The number of aliphatic hydroxyl groups is 1. The Balaban J connectivity index is 2.06. The van der Waals surface area contributed by atoms with E-state index in [-0.39, 0.29) is 6.10 Å². The molecule has 1 aliphatic rings. The lowest BCUT2D eigenvalue weighted by Crippen LogP contribution is -2.40. The average Bonchev–Trinajstić information content (AvgIpc) is 2.35. The molecular formula is C13H18O4. The van der Waals surface area contributed by atoms with Crippen molar-refractivity contribution in [2.24, 2.45) is 0 Å². The van der Waals surface area contributed by atoms with Crippen molar-refractivity contribution in [2.75, 3.05) is 19.8 Å². The Kier molecular flexibility index (Phi) is 4.23. The maximum Gasteiger partial charge on any atom is 0.161 e. The molecule has 1 aromatic rings. The van der Waals surface area contributed by atoms with Crippen molar-refractivity contribution in [3.05, 3.63) is 24.3 Å². The number of para-hydroxylation sites is 2. The molecule has 0 spiro atoms. The van der Waals surface area contributed by atoms with Crippen LogP contribution in [-0.4, -0.2) is 37.1 Å². The van der Waals surface area contributed by atoms with Crippen LogP contribution in [0.1, 0.15) is 13.3 Å². The maximum atomic E-state index is 9.81. The van der Waals surface area contributed by atoms with Crippen LogP contribution in [0.4, 0.5) is 0 Å². The van der Waals surface area contributed by atoms with Crippen molar-refractivity contribution >= 4 is 0 Å². The van der Waals surface area contributed by atoms with Crippen molar-refractivity contribution in [1.82, 2.24) is 0 Å². The molecule has 0 amide bonds. The lowest BCUT2D eigenvalue weighted by Gasteiger charge is -2.28. The molecule has 4 heteroatoms. The van der Waals surface area contributed by atoms with Gasteiger partial charge in [0.15, 0.2) is 11.5 Å². The van der Waals surface area contributed by atoms with E-state index in [1.165, 1.54) is 0 Å². The second-order valence-corrected chi connectivity index (χ2v) is 3.97. The molecule has 0 aliphatic carbocycles. The predicted octanol–water partition coefficient (Wildman–Crippen LogP) is 1.61. The quantitative estimate of drug-likeness (QED) is 0.865. The van der Waals surface area contributed by atoms with Gasteiger partial charge in [0.25, 0.3) is 0 Å². The van der Waals surface area contributed by atoms with Gasteiger partial charge in [-0.15, -0.1) is 0 Å². The Bertz CT molecular complexity index is 353. The second-order valence-electron chi connectivity index (χ2n) is 3.97. The van der Waals surface area contributed by atoms with Gasteiger partial charge in [-0.05, 0) is 19.1 Å². The predicted molar refractivity (Wildman–Crippen MR) is 63.5 cm³/mol. The SMILES string of the molecule is CCOc1ccccc1OC1COCCC1O. The highest BCUT2D eigenvalue weighted by molar-refractivity contribution is 5.39. The molecule has 94 valence electrons. The van der Waals surface area contributed by atoms with E-state index < -0.39 is 6.10 Å². The Morgan fingerprint density at radius 2 is 2.12 bits per heavy atom. The van der Waals surface area contributed by atoms with E-state index in [9.17, 15) is 5.11 Å². The van der Waals surface area contributed by atoms with E-state index in [1.807, 2.05) is 31.2 Å². The van der Waals surface area contributed by atoms with E-state index in [4.69, 9.17) is 14.2 Å². The summed E-state index contributed by atoms with van der Waals surface area (Å²) in [6.45, 7) is 3.52. The fourth-order valence-corrected chi connectivity index (χ4v) is 1.80. The van der Waals surface area contributed by atoms with E-state index in [0.29, 0.717) is 37.7 Å². The van der Waals surface area contributed by atoms with Crippen molar-refractivity contribution in [3.8, 4) is 11.5 Å². The maximum absolute atomic E-state index is 9.81. The first-order chi connectivity index (χ1) is 8.31. The van der Waals surface area contributed by atoms with Gasteiger partial charge >= 0.3 is 0 Å². The fraction of sp³-hybridized carbons (Fsp3) is 0.538. The summed E-state index contributed by atoms with van der Waals surface area (Å²) >= 11 is 0. The summed E-state index contributed by atoms with van der Waals surface area (Å²) in [7, 11) is 0. The average molecular weight is 238 g/mol. The molecule has 17 heavy (non-hydrogen) atoms. The van der Waals surface area contributed by atoms with E-state index >= 15 is 0 Å². The second kappa shape index (κ2) is 5.89. The molecule has 4 nitrogen and oxygen atoms in total. The first-order valence-corrected chi connectivity index (χ1v) is 5.95. The first-order valence-electron chi connectivity index (χ1n) is 5.95. The van der Waals surface area contributed by atoms with Gasteiger partial charge < -0.3 is 19.3 Å². The molecule has 1 aliphatic heterocycles. The van der Waals surface area contributed by atoms with Gasteiger partial charge in [-0.25, -0.2) is 0 Å². The van der Waals surface area contributed by atoms with Crippen molar-refractivity contribution in [2.45, 2.75) is 25.6 Å². The topological polar surface area (TPSA) is 47.9 Å². The molecule has 2 unspecified atom stereocenters. The minimum atomic E-state index is -0.474. The number of rotatable bonds is 4. The summed E-state index contributed by atoms with van der Waals surface area (Å²) in [5, 5.41) is 9.81.